The van der Waals surface area contributed by atoms with Crippen LogP contribution in [0.1, 0.15) is 46.6 Å². The number of benzene rings is 1. The molecule has 2 fully saturated rings. The number of fused-ring (bicyclic) bond motifs is 1. The summed E-state index contributed by atoms with van der Waals surface area (Å²) in [4.78, 5) is 53.3. The lowest BCUT2D eigenvalue weighted by Gasteiger charge is -2.41. The van der Waals surface area contributed by atoms with Gasteiger partial charge >= 0.3 is 11.8 Å². The number of aromatic nitrogens is 2. The number of carbonyl (C=O) groups excluding carboxylic acids is 3. The SMILES string of the molecule is C[C@@H]1CN(C(=O)OC(C)(C)C)CCN1c1ccc2c(c1)n(C)c(=O)n2C1CCC(=O)NC1=O. The smallest absolute Gasteiger partial charge is 0.410 e. The predicted octanol–water partition coefficient (Wildman–Crippen LogP) is 1.76. The van der Waals surface area contributed by atoms with Gasteiger partial charge in [0, 0.05) is 44.8 Å². The molecule has 10 nitrogen and oxygen atoms in total. The van der Waals surface area contributed by atoms with Gasteiger partial charge < -0.3 is 14.5 Å². The van der Waals surface area contributed by atoms with Crippen LogP contribution >= 0.6 is 0 Å². The average Bonchev–Trinajstić information content (AvgIpc) is 2.97. The third kappa shape index (κ3) is 4.34. The second-order valence-corrected chi connectivity index (χ2v) is 9.82. The number of imidazole rings is 1. The molecule has 3 amide bonds. The number of hydrogen-bond acceptors (Lipinski definition) is 6. The number of hydrogen-bond donors (Lipinski definition) is 1. The van der Waals surface area contributed by atoms with E-state index >= 15 is 0 Å². The minimum absolute atomic E-state index is 0.0537. The van der Waals surface area contributed by atoms with E-state index in [-0.39, 0.29) is 30.2 Å². The summed E-state index contributed by atoms with van der Waals surface area (Å²) in [6.07, 6.45) is 0.194. The number of nitrogens with zero attached hydrogens (tertiary/aromatic N) is 4. The van der Waals surface area contributed by atoms with Crippen molar-refractivity contribution in [2.45, 2.75) is 58.2 Å². The van der Waals surface area contributed by atoms with Gasteiger partial charge in [-0.3, -0.25) is 24.0 Å². The highest BCUT2D eigenvalue weighted by molar-refractivity contribution is 6.00. The van der Waals surface area contributed by atoms with Gasteiger partial charge in [0.1, 0.15) is 11.6 Å². The Hall–Kier alpha value is -3.30. The Morgan fingerprint density at radius 2 is 1.85 bits per heavy atom. The molecule has 2 atom stereocenters. The van der Waals surface area contributed by atoms with E-state index < -0.39 is 17.6 Å². The molecule has 0 saturated carbocycles. The van der Waals surface area contributed by atoms with Crippen molar-refractivity contribution in [3.8, 4) is 0 Å². The van der Waals surface area contributed by atoms with E-state index in [0.717, 1.165) is 5.69 Å². The van der Waals surface area contributed by atoms with Crippen LogP contribution in [0.5, 0.6) is 0 Å². The van der Waals surface area contributed by atoms with Gasteiger partial charge in [-0.1, -0.05) is 0 Å². The van der Waals surface area contributed by atoms with E-state index in [1.165, 1.54) is 9.13 Å². The van der Waals surface area contributed by atoms with E-state index in [2.05, 4.69) is 10.2 Å². The Balaban J connectivity index is 1.59. The van der Waals surface area contributed by atoms with Crippen molar-refractivity contribution in [2.75, 3.05) is 24.5 Å². The maximum absolute atomic E-state index is 13.0. The van der Waals surface area contributed by atoms with Gasteiger partial charge in [0.15, 0.2) is 0 Å². The predicted molar refractivity (Wildman–Crippen MR) is 123 cm³/mol. The zero-order chi connectivity index (χ0) is 24.1. The van der Waals surface area contributed by atoms with Crippen molar-refractivity contribution in [3.05, 3.63) is 28.7 Å². The second kappa shape index (κ2) is 8.24. The Kier molecular flexibility index (Phi) is 5.71. The molecule has 0 spiro atoms. The van der Waals surface area contributed by atoms with E-state index in [1.807, 2.05) is 45.9 Å². The summed E-state index contributed by atoms with van der Waals surface area (Å²) >= 11 is 0. The maximum Gasteiger partial charge on any atom is 0.410 e. The number of carbonyl (C=O) groups is 3. The number of ether oxygens (including phenoxy) is 1. The van der Waals surface area contributed by atoms with Crippen LogP contribution in [0.3, 0.4) is 0 Å². The number of piperazine rings is 1. The van der Waals surface area contributed by atoms with E-state index in [9.17, 15) is 19.2 Å². The van der Waals surface area contributed by atoms with E-state index in [0.29, 0.717) is 37.1 Å². The molecule has 2 aromatic rings. The molecule has 2 aliphatic rings. The van der Waals surface area contributed by atoms with Crippen molar-refractivity contribution in [2.24, 2.45) is 7.05 Å². The van der Waals surface area contributed by atoms with E-state index in [1.54, 1.807) is 11.9 Å². The van der Waals surface area contributed by atoms with Gasteiger partial charge in [-0.2, -0.15) is 0 Å². The first-order valence-corrected chi connectivity index (χ1v) is 11.3. The summed E-state index contributed by atoms with van der Waals surface area (Å²) in [5.74, 6) is -0.761. The normalized spacial score (nSPS) is 22.0. The minimum atomic E-state index is -0.707. The molecule has 4 rings (SSSR count). The van der Waals surface area contributed by atoms with Gasteiger partial charge in [0.25, 0.3) is 0 Å². The summed E-state index contributed by atoms with van der Waals surface area (Å²) in [5, 5.41) is 2.33. The van der Waals surface area contributed by atoms with Crippen LogP contribution in [0.25, 0.3) is 11.0 Å². The third-order valence-corrected chi connectivity index (χ3v) is 6.21. The number of piperidine rings is 1. The molecule has 0 radical (unpaired) electrons. The first kappa shape index (κ1) is 22.9. The fraction of sp³-hybridized carbons (Fsp3) is 0.565. The molecule has 1 aromatic heterocycles. The lowest BCUT2D eigenvalue weighted by atomic mass is 10.1. The van der Waals surface area contributed by atoms with Crippen LogP contribution in [-0.2, 0) is 21.4 Å². The zero-order valence-electron chi connectivity index (χ0n) is 19.8. The fourth-order valence-electron chi connectivity index (χ4n) is 4.59. The number of aryl methyl sites for hydroxylation is 1. The van der Waals surface area contributed by atoms with Gasteiger partial charge in [-0.05, 0) is 52.3 Å². The molecule has 1 aromatic carbocycles. The van der Waals surface area contributed by atoms with Crippen molar-refractivity contribution in [3.63, 3.8) is 0 Å². The summed E-state index contributed by atoms with van der Waals surface area (Å²) < 4.78 is 8.51. The minimum Gasteiger partial charge on any atom is -0.444 e. The molecule has 0 aliphatic carbocycles. The van der Waals surface area contributed by atoms with Crippen molar-refractivity contribution < 1.29 is 19.1 Å². The molecule has 3 heterocycles. The molecule has 1 N–H and O–H groups in total. The number of amides is 3. The molecule has 2 saturated heterocycles. The molecule has 1 unspecified atom stereocenters. The standard InChI is InChI=1S/C23H31N5O5/c1-14-13-26(22(32)33-23(2,3)4)10-11-27(14)15-6-7-16-18(12-15)25(5)21(31)28(16)17-8-9-19(29)24-20(17)30/h6-7,12,14,17H,8-11,13H2,1-5H3,(H,24,29,30)/t14-,17?/m1/s1. The highest BCUT2D eigenvalue weighted by atomic mass is 16.6. The van der Waals surface area contributed by atoms with Crippen molar-refractivity contribution in [1.82, 2.24) is 19.4 Å². The second-order valence-electron chi connectivity index (χ2n) is 9.82. The molecular weight excluding hydrogens is 426 g/mol. The van der Waals surface area contributed by atoms with Crippen LogP contribution in [0, 0.1) is 0 Å². The van der Waals surface area contributed by atoms with Gasteiger partial charge in [0.2, 0.25) is 11.8 Å². The highest BCUT2D eigenvalue weighted by Crippen LogP contribution is 2.28. The largest absolute Gasteiger partial charge is 0.444 e. The Bertz CT molecular complexity index is 1170. The van der Waals surface area contributed by atoms with Gasteiger partial charge in [-0.25, -0.2) is 9.59 Å². The summed E-state index contributed by atoms with van der Waals surface area (Å²) in [7, 11) is 1.68. The first-order chi connectivity index (χ1) is 15.5. The zero-order valence-corrected chi connectivity index (χ0v) is 19.8. The van der Waals surface area contributed by atoms with Gasteiger partial charge in [-0.15, -0.1) is 0 Å². The highest BCUT2D eigenvalue weighted by Gasteiger charge is 2.33. The van der Waals surface area contributed by atoms with E-state index in [4.69, 9.17) is 4.74 Å². The van der Waals surface area contributed by atoms with Crippen LogP contribution in [0.2, 0.25) is 0 Å². The lowest BCUT2D eigenvalue weighted by Crippen LogP contribution is -2.54. The molecular formula is C23H31N5O5. The quantitative estimate of drug-likeness (QED) is 0.689. The van der Waals surface area contributed by atoms with Gasteiger partial charge in [0.05, 0.1) is 11.0 Å². The monoisotopic (exact) mass is 457 g/mol. The summed E-state index contributed by atoms with van der Waals surface area (Å²) in [6, 6.07) is 5.07. The number of rotatable bonds is 2. The molecule has 2 aliphatic heterocycles. The molecule has 178 valence electrons. The summed E-state index contributed by atoms with van der Waals surface area (Å²) in [6.45, 7) is 9.31. The van der Waals surface area contributed by atoms with Crippen molar-refractivity contribution >= 4 is 34.6 Å². The Morgan fingerprint density at radius 1 is 1.12 bits per heavy atom. The molecule has 10 heteroatoms. The van der Waals surface area contributed by atoms with Crippen LogP contribution in [-0.4, -0.2) is 63.2 Å². The molecule has 33 heavy (non-hydrogen) atoms. The maximum atomic E-state index is 13.0. The molecule has 0 bridgehead atoms. The average molecular weight is 458 g/mol. The lowest BCUT2D eigenvalue weighted by molar-refractivity contribution is -0.135. The van der Waals surface area contributed by atoms with Crippen LogP contribution in [0.4, 0.5) is 10.5 Å². The number of anilines is 1. The van der Waals surface area contributed by atoms with Crippen LogP contribution in [0.15, 0.2) is 23.0 Å². The topological polar surface area (TPSA) is 106 Å². The van der Waals surface area contributed by atoms with Crippen LogP contribution < -0.4 is 15.9 Å². The Morgan fingerprint density at radius 3 is 2.48 bits per heavy atom. The third-order valence-electron chi connectivity index (χ3n) is 6.21. The van der Waals surface area contributed by atoms with Crippen molar-refractivity contribution in [1.29, 1.82) is 0 Å². The Labute approximate surface area is 192 Å². The number of nitrogens with one attached hydrogen (secondary N) is 1. The fourth-order valence-corrected chi connectivity index (χ4v) is 4.59. The first-order valence-electron chi connectivity index (χ1n) is 11.3. The summed E-state index contributed by atoms with van der Waals surface area (Å²) in [5.41, 5.74) is 1.47. The number of imide groups is 1.